The highest BCUT2D eigenvalue weighted by Crippen LogP contribution is 2.36. The van der Waals surface area contributed by atoms with E-state index in [0.717, 1.165) is 11.1 Å². The van der Waals surface area contributed by atoms with E-state index in [0.29, 0.717) is 36.4 Å². The number of ether oxygens (including phenoxy) is 1. The standard InChI is InChI=1S/C29H23F2N5O3/c1-34-23-11-10-21(14-32)33-25(23)27-24(28(34)37)29(38)39-16-22-15-35(12-13-36(22)27)26(17-2-6-19(30)7-3-17)18-4-8-20(31)9-5-18/h2-11,22,26H,12-13,15-16H2,1H3/t22-/m0/s1. The van der Waals surface area contributed by atoms with E-state index < -0.39 is 11.5 Å². The van der Waals surface area contributed by atoms with Crippen molar-refractivity contribution in [1.29, 1.82) is 5.26 Å². The van der Waals surface area contributed by atoms with E-state index in [1.165, 1.54) is 34.9 Å². The van der Waals surface area contributed by atoms with Crippen LogP contribution in [0.25, 0.3) is 11.0 Å². The van der Waals surface area contributed by atoms with Gasteiger partial charge in [0, 0.05) is 26.7 Å². The number of hydrogen-bond donors (Lipinski definition) is 0. The van der Waals surface area contributed by atoms with Crippen molar-refractivity contribution in [2.75, 3.05) is 31.1 Å². The highest BCUT2D eigenvalue weighted by molar-refractivity contribution is 6.04. The zero-order chi connectivity index (χ0) is 27.3. The Kier molecular flexibility index (Phi) is 6.08. The first-order valence-electron chi connectivity index (χ1n) is 12.5. The zero-order valence-corrected chi connectivity index (χ0v) is 21.0. The molecule has 196 valence electrons. The Morgan fingerprint density at radius 2 is 1.62 bits per heavy atom. The van der Waals surface area contributed by atoms with E-state index in [1.807, 2.05) is 11.0 Å². The fourth-order valence-corrected chi connectivity index (χ4v) is 5.62. The minimum atomic E-state index is -0.730. The third-order valence-electron chi connectivity index (χ3n) is 7.48. The number of fused-ring (bicyclic) bond motifs is 5. The predicted molar refractivity (Wildman–Crippen MR) is 139 cm³/mol. The summed E-state index contributed by atoms with van der Waals surface area (Å²) in [6, 6.07) is 17.0. The van der Waals surface area contributed by atoms with E-state index in [4.69, 9.17) is 4.74 Å². The van der Waals surface area contributed by atoms with Crippen LogP contribution in [0.1, 0.15) is 33.2 Å². The van der Waals surface area contributed by atoms with Gasteiger partial charge in [-0.05, 0) is 47.5 Å². The van der Waals surface area contributed by atoms with Crippen molar-refractivity contribution in [3.63, 3.8) is 0 Å². The number of anilines is 1. The van der Waals surface area contributed by atoms with Crippen LogP contribution in [0, 0.1) is 23.0 Å². The molecule has 4 heterocycles. The van der Waals surface area contributed by atoms with Gasteiger partial charge in [0.25, 0.3) is 5.56 Å². The van der Waals surface area contributed by atoms with Crippen LogP contribution < -0.4 is 10.5 Å². The molecule has 1 saturated heterocycles. The van der Waals surface area contributed by atoms with E-state index in [9.17, 15) is 23.6 Å². The largest absolute Gasteiger partial charge is 0.460 e. The Balaban J connectivity index is 1.45. The summed E-state index contributed by atoms with van der Waals surface area (Å²) in [5, 5.41) is 9.47. The van der Waals surface area contributed by atoms with Crippen molar-refractivity contribution in [2.45, 2.75) is 12.1 Å². The van der Waals surface area contributed by atoms with Crippen LogP contribution in [-0.2, 0) is 11.8 Å². The minimum Gasteiger partial charge on any atom is -0.460 e. The van der Waals surface area contributed by atoms with Crippen molar-refractivity contribution < 1.29 is 18.3 Å². The van der Waals surface area contributed by atoms with Crippen molar-refractivity contribution in [1.82, 2.24) is 14.5 Å². The third kappa shape index (κ3) is 4.21. The maximum absolute atomic E-state index is 13.8. The minimum absolute atomic E-state index is 0.0339. The van der Waals surface area contributed by atoms with Gasteiger partial charge in [0.05, 0.1) is 23.3 Å². The maximum Gasteiger partial charge on any atom is 0.346 e. The van der Waals surface area contributed by atoms with E-state index in [2.05, 4.69) is 9.88 Å². The van der Waals surface area contributed by atoms with Gasteiger partial charge >= 0.3 is 5.97 Å². The molecular weight excluding hydrogens is 504 g/mol. The molecule has 0 radical (unpaired) electrons. The Morgan fingerprint density at radius 3 is 2.23 bits per heavy atom. The number of nitrogens with zero attached hydrogens (tertiary/aromatic N) is 5. The molecule has 0 amide bonds. The molecule has 4 aromatic rings. The van der Waals surface area contributed by atoms with Crippen molar-refractivity contribution in [3.8, 4) is 6.07 Å². The number of piperazine rings is 1. The number of halogens is 2. The zero-order valence-electron chi connectivity index (χ0n) is 21.0. The number of benzene rings is 2. The van der Waals surface area contributed by atoms with Crippen molar-refractivity contribution in [3.05, 3.63) is 105 Å². The summed E-state index contributed by atoms with van der Waals surface area (Å²) in [6.45, 7) is 1.40. The molecular formula is C29H23F2N5O3. The van der Waals surface area contributed by atoms with Crippen LogP contribution in [0.3, 0.4) is 0 Å². The quantitative estimate of drug-likeness (QED) is 0.377. The first kappa shape index (κ1) is 24.7. The second kappa shape index (κ2) is 9.60. The van der Waals surface area contributed by atoms with Gasteiger partial charge in [-0.25, -0.2) is 18.6 Å². The molecule has 0 N–H and O–H groups in total. The lowest BCUT2D eigenvalue weighted by Gasteiger charge is -2.45. The highest BCUT2D eigenvalue weighted by atomic mass is 19.1. The normalized spacial score (nSPS) is 17.4. The molecule has 0 unspecified atom stereocenters. The topological polar surface area (TPSA) is 91.5 Å². The van der Waals surface area contributed by atoms with Crippen molar-refractivity contribution >= 4 is 22.7 Å². The number of hydrogen-bond acceptors (Lipinski definition) is 7. The van der Waals surface area contributed by atoms with Crippen LogP contribution in [-0.4, -0.2) is 52.7 Å². The number of aromatic nitrogens is 2. The molecule has 1 fully saturated rings. The number of rotatable bonds is 3. The van der Waals surface area contributed by atoms with Crippen LogP contribution in [0.2, 0.25) is 0 Å². The molecule has 2 aromatic carbocycles. The van der Waals surface area contributed by atoms with Crippen molar-refractivity contribution in [2.24, 2.45) is 7.05 Å². The fraction of sp³-hybridized carbons (Fsp3) is 0.241. The summed E-state index contributed by atoms with van der Waals surface area (Å²) in [5.41, 5.74) is 2.51. The van der Waals surface area contributed by atoms with Gasteiger partial charge in [-0.2, -0.15) is 5.26 Å². The average Bonchev–Trinajstić information content (AvgIpc) is 3.10. The lowest BCUT2D eigenvalue weighted by molar-refractivity contribution is 0.0451. The molecule has 0 aliphatic carbocycles. The summed E-state index contributed by atoms with van der Waals surface area (Å²) >= 11 is 0. The second-order valence-electron chi connectivity index (χ2n) is 9.71. The maximum atomic E-state index is 13.8. The summed E-state index contributed by atoms with van der Waals surface area (Å²) in [6.07, 6.45) is 0. The Hall–Kier alpha value is -4.62. The van der Waals surface area contributed by atoms with Gasteiger partial charge in [0.15, 0.2) is 5.56 Å². The number of esters is 1. The molecule has 6 rings (SSSR count). The van der Waals surface area contributed by atoms with E-state index in [1.54, 1.807) is 37.4 Å². The smallest absolute Gasteiger partial charge is 0.346 e. The Bertz CT molecular complexity index is 1650. The first-order valence-corrected chi connectivity index (χ1v) is 12.5. The first-order chi connectivity index (χ1) is 18.9. The average molecular weight is 528 g/mol. The Labute approximate surface area is 222 Å². The molecule has 0 saturated carbocycles. The molecule has 1 atom stereocenters. The van der Waals surface area contributed by atoms with Crippen LogP contribution in [0.5, 0.6) is 0 Å². The van der Waals surface area contributed by atoms with Crippen LogP contribution in [0.15, 0.2) is 65.5 Å². The summed E-state index contributed by atoms with van der Waals surface area (Å²) < 4.78 is 34.5. The number of carbonyl (C=O) groups is 1. The fourth-order valence-electron chi connectivity index (χ4n) is 5.62. The van der Waals surface area contributed by atoms with Gasteiger partial charge in [-0.15, -0.1) is 0 Å². The molecule has 39 heavy (non-hydrogen) atoms. The molecule has 2 aliphatic rings. The van der Waals surface area contributed by atoms with Gasteiger partial charge in [0.1, 0.15) is 35.5 Å². The third-order valence-corrected chi connectivity index (χ3v) is 7.48. The summed E-state index contributed by atoms with van der Waals surface area (Å²) in [4.78, 5) is 35.0. The summed E-state index contributed by atoms with van der Waals surface area (Å²) in [5.74, 6) is -1.44. The molecule has 0 spiro atoms. The van der Waals surface area contributed by atoms with Gasteiger partial charge in [0.2, 0.25) is 0 Å². The Morgan fingerprint density at radius 1 is 0.974 bits per heavy atom. The predicted octanol–water partition coefficient (Wildman–Crippen LogP) is 3.53. The molecule has 2 aliphatic heterocycles. The molecule has 8 nitrogen and oxygen atoms in total. The van der Waals surface area contributed by atoms with Crippen LogP contribution >= 0.6 is 0 Å². The second-order valence-corrected chi connectivity index (χ2v) is 9.71. The van der Waals surface area contributed by atoms with Gasteiger partial charge in [-0.3, -0.25) is 9.69 Å². The molecule has 0 bridgehead atoms. The molecule has 2 aromatic heterocycles. The highest BCUT2D eigenvalue weighted by Gasteiger charge is 2.39. The van der Waals surface area contributed by atoms with Crippen LogP contribution in [0.4, 0.5) is 14.5 Å². The summed E-state index contributed by atoms with van der Waals surface area (Å²) in [7, 11) is 1.56. The molecule has 10 heteroatoms. The van der Waals surface area contributed by atoms with Gasteiger partial charge in [-0.1, -0.05) is 24.3 Å². The number of nitriles is 1. The lowest BCUT2D eigenvalue weighted by Crippen LogP contribution is -2.55. The van der Waals surface area contributed by atoms with E-state index in [-0.39, 0.29) is 41.6 Å². The SMILES string of the molecule is Cn1c(=O)c2c(c3nc(C#N)ccc31)N1CCN(C(c3ccc(F)cc3)c3ccc(F)cc3)C[C@H]1COC2=O. The number of aryl methyl sites for hydroxylation is 1. The van der Waals surface area contributed by atoms with Gasteiger partial charge < -0.3 is 14.2 Å². The lowest BCUT2D eigenvalue weighted by atomic mass is 9.95. The number of pyridine rings is 2. The monoisotopic (exact) mass is 527 g/mol. The number of cyclic esters (lactones) is 1. The number of carbonyl (C=O) groups excluding carboxylic acids is 1. The van der Waals surface area contributed by atoms with E-state index >= 15 is 0 Å².